The van der Waals surface area contributed by atoms with Gasteiger partial charge in [-0.3, -0.25) is 0 Å². The van der Waals surface area contributed by atoms with E-state index >= 15 is 0 Å². The summed E-state index contributed by atoms with van der Waals surface area (Å²) in [6, 6.07) is 0. The van der Waals surface area contributed by atoms with Gasteiger partial charge in [0.05, 0.1) is 0 Å². The maximum atomic E-state index is 7.43. The Kier molecular flexibility index (Phi) is 100. The Labute approximate surface area is 129 Å². The normalized spacial score (nSPS) is 4.71. The second-order valence-corrected chi connectivity index (χ2v) is 2.19. The third-order valence-corrected chi connectivity index (χ3v) is 0.490. The molecule has 4 N–H and O–H groups in total. The van der Waals surface area contributed by atoms with Crippen LogP contribution in [0.25, 0.3) is 0 Å². The summed E-state index contributed by atoms with van der Waals surface area (Å²) in [5.74, 6) is 0. The second-order valence-electron chi connectivity index (χ2n) is 0.730. The van der Waals surface area contributed by atoms with Crippen molar-refractivity contribution < 1.29 is 39.3 Å². The Bertz CT molecular complexity index is 213. The van der Waals surface area contributed by atoms with Gasteiger partial charge in [-0.2, -0.15) is 21.0 Å². The molecule has 0 saturated carbocycles. The fourth-order valence-electron chi connectivity index (χ4n) is 0. The summed E-state index contributed by atoms with van der Waals surface area (Å²) < 4.78 is 29.7. The largest absolute Gasteiger partial charge is 0.318 e. The third kappa shape index (κ3) is 203. The smallest absolute Gasteiger partial charge is 0.162 e. The van der Waals surface area contributed by atoms with Crippen molar-refractivity contribution in [3.05, 3.63) is 0 Å². The first-order valence-electron chi connectivity index (χ1n) is 2.44. The van der Waals surface area contributed by atoms with Crippen molar-refractivity contribution in [2.24, 2.45) is 0 Å². The molecule has 0 rings (SSSR count). The van der Waals surface area contributed by atoms with Crippen molar-refractivity contribution >= 4 is 48.2 Å². The zero-order valence-corrected chi connectivity index (χ0v) is 12.9. The molecule has 0 aliphatic carbocycles. The Hall–Kier alpha value is -0.112. The average molecular weight is 396 g/mol. The van der Waals surface area contributed by atoms with Crippen molar-refractivity contribution in [1.82, 2.24) is 0 Å². The maximum absolute atomic E-state index is 7.43. The minimum absolute atomic E-state index is 0. The first-order chi connectivity index (χ1) is 7.66. The fourth-order valence-corrected chi connectivity index (χ4v) is 0. The van der Waals surface area contributed by atoms with Crippen molar-refractivity contribution in [2.45, 2.75) is 0 Å². The van der Waals surface area contributed by atoms with Crippen LogP contribution in [0.5, 0.6) is 0 Å². The first kappa shape index (κ1) is 30.2. The van der Waals surface area contributed by atoms with Gasteiger partial charge in [0, 0.05) is 21.1 Å². The van der Waals surface area contributed by atoms with Crippen molar-refractivity contribution in [2.75, 3.05) is 0 Å². The van der Waals surface area contributed by atoms with Crippen LogP contribution in [0.3, 0.4) is 0 Å². The van der Waals surface area contributed by atoms with E-state index in [1.54, 1.807) is 0 Å². The second kappa shape index (κ2) is 56.6. The van der Waals surface area contributed by atoms with E-state index in [0.29, 0.717) is 0 Å². The number of thiocyanates is 4. The van der Waals surface area contributed by atoms with Gasteiger partial charge in [0.15, 0.2) is 21.6 Å². The molecule has 0 saturated heterocycles. The molecule has 0 heterocycles. The number of nitriles is 4. The molecule has 0 atom stereocenters. The molecule has 8 nitrogen and oxygen atoms in total. The van der Waals surface area contributed by atoms with E-state index in [0.717, 1.165) is 0 Å². The van der Waals surface area contributed by atoms with Crippen LogP contribution in [0.2, 0.25) is 0 Å². The van der Waals surface area contributed by atoms with Gasteiger partial charge in [0.2, 0.25) is 0 Å². The van der Waals surface area contributed by atoms with E-state index in [-0.39, 0.29) is 69.2 Å². The first-order valence-corrected chi connectivity index (χ1v) is 5.53. The summed E-state index contributed by atoms with van der Waals surface area (Å²) >= 11 is 0.648. The Balaban J connectivity index is -0.0000000369. The minimum atomic E-state index is 0. The summed E-state index contributed by atoms with van der Waals surface area (Å²) in [4.78, 5) is 0. The zero-order chi connectivity index (χ0) is 13.7. The third-order valence-electron chi connectivity index (χ3n) is 0.163. The number of hydrogen-bond acceptors (Lipinski definition) is 12. The predicted octanol–water partition coefficient (Wildman–Crippen LogP) is 2.69. The molecule has 0 bridgehead atoms. The molecule has 0 aliphatic rings. The number of hydrogen-bond donors (Lipinski definition) is 4. The van der Waals surface area contributed by atoms with E-state index in [2.05, 4.69) is 0 Å². The van der Waals surface area contributed by atoms with Gasteiger partial charge in [0.25, 0.3) is 0 Å². The Morgan fingerprint density at radius 2 is 0.588 bits per heavy atom. The molecule has 0 unspecified atom stereocenters. The monoisotopic (exact) mass is 398 g/mol. The van der Waals surface area contributed by atoms with Gasteiger partial charge in [-0.15, -0.1) is 0 Å². The summed E-state index contributed by atoms with van der Waals surface area (Å²) in [5, 5.41) is 35.0. The van der Waals surface area contributed by atoms with Crippen molar-refractivity contribution in [1.29, 1.82) is 21.0 Å². The van der Waals surface area contributed by atoms with Crippen LogP contribution in [0.4, 0.5) is 0 Å². The molecule has 13 heteroatoms. The van der Waals surface area contributed by atoms with Crippen molar-refractivity contribution in [3.63, 3.8) is 0 Å². The van der Waals surface area contributed by atoms with Crippen molar-refractivity contribution in [3.8, 4) is 21.6 Å². The molecule has 0 spiro atoms. The van der Waals surface area contributed by atoms with Crippen LogP contribution in [0.1, 0.15) is 0 Å². The number of rotatable bonds is 0. The van der Waals surface area contributed by atoms with Crippen LogP contribution < -0.4 is 0 Å². The Morgan fingerprint density at radius 1 is 0.529 bits per heavy atom. The standard InChI is InChI=1S/4CHNOS.Mo/c4*2-1-4-3;/h4*3H;. The summed E-state index contributed by atoms with van der Waals surface area (Å²) in [7, 11) is 0. The summed E-state index contributed by atoms with van der Waals surface area (Å²) in [6.07, 6.45) is 0. The molecule has 0 amide bonds. The van der Waals surface area contributed by atoms with E-state index in [4.69, 9.17) is 39.3 Å². The van der Waals surface area contributed by atoms with Crippen LogP contribution in [0, 0.1) is 42.7 Å². The molecule has 0 aliphatic heterocycles. The minimum Gasteiger partial charge on any atom is -0.318 e. The van der Waals surface area contributed by atoms with Gasteiger partial charge < -0.3 is 18.2 Å². The van der Waals surface area contributed by atoms with Gasteiger partial charge >= 0.3 is 0 Å². The summed E-state index contributed by atoms with van der Waals surface area (Å²) in [6.45, 7) is 0. The van der Waals surface area contributed by atoms with Gasteiger partial charge in [-0.25, -0.2) is 0 Å². The van der Waals surface area contributed by atoms with Gasteiger partial charge in [-0.05, 0) is 0 Å². The van der Waals surface area contributed by atoms with Crippen LogP contribution >= 0.6 is 48.2 Å². The molecule has 17 heavy (non-hydrogen) atoms. The average Bonchev–Trinajstić information content (AvgIpc) is 2.39. The molecule has 0 aromatic carbocycles. The molecular formula is C4H4MoN4O4S4. The SMILES string of the molecule is N#CSO.N#CSO.N#CSO.N#CSO.[Mo]. The van der Waals surface area contributed by atoms with E-state index in [1.807, 2.05) is 0 Å². The summed E-state index contributed by atoms with van der Waals surface area (Å²) in [5.41, 5.74) is 0. The fraction of sp³-hybridized carbons (Fsp3) is 0. The molecule has 0 aromatic heterocycles. The van der Waals surface area contributed by atoms with Gasteiger partial charge in [-0.1, -0.05) is 0 Å². The van der Waals surface area contributed by atoms with Crippen LogP contribution in [-0.2, 0) is 21.1 Å². The van der Waals surface area contributed by atoms with E-state index in [9.17, 15) is 0 Å². The van der Waals surface area contributed by atoms with Crippen LogP contribution in [-0.4, -0.2) is 18.2 Å². The van der Waals surface area contributed by atoms with E-state index in [1.165, 1.54) is 21.6 Å². The molecule has 94 valence electrons. The topological polar surface area (TPSA) is 176 Å². The predicted molar refractivity (Wildman–Crippen MR) is 63.3 cm³/mol. The number of nitrogens with zero attached hydrogens (tertiary/aromatic N) is 4. The maximum Gasteiger partial charge on any atom is 0.162 e. The molecular weight excluding hydrogens is 392 g/mol. The quantitative estimate of drug-likeness (QED) is 0.268. The Morgan fingerprint density at radius 3 is 0.588 bits per heavy atom. The van der Waals surface area contributed by atoms with Gasteiger partial charge in [0.1, 0.15) is 48.2 Å². The van der Waals surface area contributed by atoms with Crippen LogP contribution in [0.15, 0.2) is 0 Å². The molecule has 0 fully saturated rings. The molecule has 0 radical (unpaired) electrons. The molecule has 0 aromatic rings. The zero-order valence-electron chi connectivity index (χ0n) is 7.62. The van der Waals surface area contributed by atoms with E-state index < -0.39 is 0 Å².